The van der Waals surface area contributed by atoms with E-state index in [1.807, 2.05) is 0 Å². The summed E-state index contributed by atoms with van der Waals surface area (Å²) >= 11 is 0. The molecule has 0 spiro atoms. The molecule has 0 bridgehead atoms. The van der Waals surface area contributed by atoms with Crippen molar-refractivity contribution in [3.8, 4) is 0 Å². The second-order valence-corrected chi connectivity index (χ2v) is 7.56. The molecule has 0 fully saturated rings. The van der Waals surface area contributed by atoms with Gasteiger partial charge in [-0.1, -0.05) is 5.16 Å². The van der Waals surface area contributed by atoms with Crippen LogP contribution in [0, 0.1) is 0 Å². The Bertz CT molecular complexity index is 1270. The minimum atomic E-state index is -0.487. The molecular formula is C20H27ClN10O4. The van der Waals surface area contributed by atoms with Gasteiger partial charge in [-0.15, -0.1) is 12.4 Å². The molecular weight excluding hydrogens is 480 g/mol. The number of nitrogen functional groups attached to an aromatic ring is 1. The smallest absolute Gasteiger partial charge is 0.287 e. The third kappa shape index (κ3) is 6.32. The average Bonchev–Trinajstić information content (AvgIpc) is 3.43. The molecule has 0 unspecified atom stereocenters. The number of hydrogen-bond donors (Lipinski definition) is 6. The predicted molar refractivity (Wildman–Crippen MR) is 132 cm³/mol. The molecule has 0 aliphatic rings. The van der Waals surface area contributed by atoms with Gasteiger partial charge in [-0.05, 0) is 12.1 Å². The molecule has 3 aromatic heterocycles. The molecule has 14 nitrogen and oxygen atoms in total. The Labute approximate surface area is 206 Å². The Morgan fingerprint density at radius 1 is 0.971 bits per heavy atom. The lowest BCUT2D eigenvalue weighted by Crippen LogP contribution is -2.29. The molecule has 35 heavy (non-hydrogen) atoms. The van der Waals surface area contributed by atoms with E-state index >= 15 is 0 Å². The largest absolute Gasteiger partial charge is 0.409 e. The second-order valence-electron chi connectivity index (χ2n) is 7.56. The summed E-state index contributed by atoms with van der Waals surface area (Å²) in [6, 6.07) is 3.07. The minimum Gasteiger partial charge on any atom is -0.409 e. The molecule has 0 saturated carbocycles. The van der Waals surface area contributed by atoms with E-state index in [9.17, 15) is 14.4 Å². The Balaban J connectivity index is 0.00000432. The summed E-state index contributed by atoms with van der Waals surface area (Å²) in [6.07, 6.45) is 4.87. The van der Waals surface area contributed by atoms with E-state index in [-0.39, 0.29) is 54.5 Å². The third-order valence-electron chi connectivity index (χ3n) is 4.87. The van der Waals surface area contributed by atoms with Gasteiger partial charge in [0.1, 0.15) is 17.2 Å². The van der Waals surface area contributed by atoms with Crippen LogP contribution in [0.25, 0.3) is 0 Å². The van der Waals surface area contributed by atoms with Gasteiger partial charge in [0.15, 0.2) is 5.82 Å². The quantitative estimate of drug-likeness (QED) is 0.110. The number of anilines is 3. The Kier molecular flexibility index (Phi) is 8.50. The van der Waals surface area contributed by atoms with E-state index in [1.165, 1.54) is 16.8 Å². The van der Waals surface area contributed by atoms with Crippen LogP contribution in [0.1, 0.15) is 38.0 Å². The molecule has 0 aliphatic carbocycles. The van der Waals surface area contributed by atoms with Crippen molar-refractivity contribution in [1.29, 1.82) is 0 Å². The van der Waals surface area contributed by atoms with Gasteiger partial charge in [-0.3, -0.25) is 14.4 Å². The highest BCUT2D eigenvalue weighted by Crippen LogP contribution is 2.17. The molecule has 3 rings (SSSR count). The van der Waals surface area contributed by atoms with Gasteiger partial charge in [0, 0.05) is 52.7 Å². The molecule has 8 N–H and O–H groups in total. The van der Waals surface area contributed by atoms with E-state index in [4.69, 9.17) is 16.7 Å². The number of hydrogen-bond acceptors (Lipinski definition) is 7. The van der Waals surface area contributed by atoms with Crippen LogP contribution in [0.5, 0.6) is 0 Å². The van der Waals surface area contributed by atoms with Crippen LogP contribution in [0.4, 0.5) is 17.2 Å². The lowest BCUT2D eigenvalue weighted by Gasteiger charge is -2.04. The van der Waals surface area contributed by atoms with Crippen LogP contribution in [-0.2, 0) is 21.1 Å². The maximum atomic E-state index is 12.8. The Morgan fingerprint density at radius 2 is 1.60 bits per heavy atom. The summed E-state index contributed by atoms with van der Waals surface area (Å²) in [7, 11) is 4.96. The average molecular weight is 507 g/mol. The fourth-order valence-corrected chi connectivity index (χ4v) is 3.22. The molecule has 3 amide bonds. The number of nitrogens with zero attached hydrogens (tertiary/aromatic N) is 5. The fraction of sp³-hybridized carbons (Fsp3) is 0.250. The lowest BCUT2D eigenvalue weighted by atomic mass is 10.3. The van der Waals surface area contributed by atoms with Crippen LogP contribution < -0.4 is 27.4 Å². The number of amidine groups is 1. The highest BCUT2D eigenvalue weighted by molar-refractivity contribution is 6.07. The number of aryl methyl sites for hydroxylation is 3. The maximum absolute atomic E-state index is 12.8. The van der Waals surface area contributed by atoms with Crippen LogP contribution in [0.2, 0.25) is 0 Å². The second kappa shape index (κ2) is 11.1. The number of carbonyl (C=O) groups is 3. The van der Waals surface area contributed by atoms with Crippen LogP contribution in [0.3, 0.4) is 0 Å². The van der Waals surface area contributed by atoms with Crippen molar-refractivity contribution in [1.82, 2.24) is 24.0 Å². The summed E-state index contributed by atoms with van der Waals surface area (Å²) in [4.78, 5) is 41.7. The Morgan fingerprint density at radius 3 is 2.23 bits per heavy atom. The van der Waals surface area contributed by atoms with E-state index in [2.05, 4.69) is 26.1 Å². The monoisotopic (exact) mass is 506 g/mol. The highest BCUT2D eigenvalue weighted by atomic mass is 35.5. The first-order chi connectivity index (χ1) is 16.1. The standard InChI is InChI=1S/C20H26N10O4.ClH/c1-28-8-11(21)6-13(28)18(31)24-12-7-14(29(2)9-12)19(32)26-16-10-30(3)17(25-16)20(33)23-5-4-15(22)27-34;/h6-10,34H,4-5,21H2,1-3H3,(H2,22,27)(H,23,33)(H,24,31)(H,26,32);1H. The van der Waals surface area contributed by atoms with Crippen molar-refractivity contribution in [3.63, 3.8) is 0 Å². The number of oxime groups is 1. The number of halogens is 1. The zero-order valence-electron chi connectivity index (χ0n) is 19.3. The van der Waals surface area contributed by atoms with Crippen LogP contribution in [0.15, 0.2) is 35.9 Å². The van der Waals surface area contributed by atoms with Crippen LogP contribution >= 0.6 is 12.4 Å². The number of carbonyl (C=O) groups excluding carboxylic acids is 3. The highest BCUT2D eigenvalue weighted by Gasteiger charge is 2.19. The lowest BCUT2D eigenvalue weighted by molar-refractivity contribution is 0.0939. The zero-order chi connectivity index (χ0) is 25.0. The summed E-state index contributed by atoms with van der Waals surface area (Å²) < 4.78 is 4.61. The molecule has 0 aliphatic heterocycles. The summed E-state index contributed by atoms with van der Waals surface area (Å²) in [5, 5.41) is 19.3. The molecule has 0 saturated heterocycles. The molecule has 0 radical (unpaired) electrons. The number of rotatable bonds is 8. The summed E-state index contributed by atoms with van der Waals surface area (Å²) in [5.74, 6) is -1.12. The molecule has 0 atom stereocenters. The van der Waals surface area contributed by atoms with Gasteiger partial charge in [0.2, 0.25) is 5.82 Å². The van der Waals surface area contributed by atoms with Crippen LogP contribution in [-0.4, -0.2) is 54.0 Å². The summed E-state index contributed by atoms with van der Waals surface area (Å²) in [6.45, 7) is 0.149. The topological polar surface area (TPSA) is 200 Å². The van der Waals surface area contributed by atoms with E-state index in [0.717, 1.165) is 0 Å². The molecule has 3 heterocycles. The normalized spacial score (nSPS) is 11.0. The first kappa shape index (κ1) is 26.8. The Hall–Kier alpha value is -4.46. The van der Waals surface area contributed by atoms with E-state index in [1.54, 1.807) is 48.7 Å². The maximum Gasteiger partial charge on any atom is 0.287 e. The molecule has 3 aromatic rings. The van der Waals surface area contributed by atoms with Gasteiger partial charge in [0.05, 0.1) is 11.4 Å². The van der Waals surface area contributed by atoms with Crippen molar-refractivity contribution in [2.45, 2.75) is 6.42 Å². The minimum absolute atomic E-state index is 0. The van der Waals surface area contributed by atoms with Crippen molar-refractivity contribution in [2.24, 2.45) is 32.0 Å². The van der Waals surface area contributed by atoms with E-state index < -0.39 is 11.8 Å². The fourth-order valence-electron chi connectivity index (χ4n) is 3.22. The number of amides is 3. The number of nitrogens with two attached hydrogens (primary N) is 2. The summed E-state index contributed by atoms with van der Waals surface area (Å²) in [5.41, 5.74) is 12.6. The van der Waals surface area contributed by atoms with Gasteiger partial charge in [0.25, 0.3) is 17.7 Å². The van der Waals surface area contributed by atoms with Gasteiger partial charge >= 0.3 is 0 Å². The first-order valence-electron chi connectivity index (χ1n) is 10.1. The van der Waals surface area contributed by atoms with Crippen molar-refractivity contribution < 1.29 is 19.6 Å². The third-order valence-corrected chi connectivity index (χ3v) is 4.87. The zero-order valence-corrected chi connectivity index (χ0v) is 20.1. The molecule has 188 valence electrons. The van der Waals surface area contributed by atoms with Gasteiger partial charge in [-0.25, -0.2) is 4.98 Å². The predicted octanol–water partition coefficient (Wildman–Crippen LogP) is 0.472. The SMILES string of the molecule is Cl.Cn1cc(N)cc1C(=O)Nc1cc(C(=O)Nc2cn(C)c(C(=O)NCCC(N)=NO)n2)n(C)c1. The van der Waals surface area contributed by atoms with Gasteiger partial charge in [-0.2, -0.15) is 0 Å². The van der Waals surface area contributed by atoms with Crippen molar-refractivity contribution in [2.75, 3.05) is 22.9 Å². The molecule has 15 heteroatoms. The van der Waals surface area contributed by atoms with Crippen molar-refractivity contribution >= 4 is 53.2 Å². The molecule has 0 aromatic carbocycles. The van der Waals surface area contributed by atoms with Gasteiger partial charge < -0.3 is 46.3 Å². The van der Waals surface area contributed by atoms with E-state index in [0.29, 0.717) is 17.1 Å². The van der Waals surface area contributed by atoms with Crippen molar-refractivity contribution in [3.05, 3.63) is 47.9 Å². The first-order valence-corrected chi connectivity index (χ1v) is 10.1. The number of imidazole rings is 1. The number of nitrogens with one attached hydrogen (secondary N) is 3. The number of aromatic nitrogens is 4.